The lowest BCUT2D eigenvalue weighted by atomic mass is 9.95. The molecule has 2 aromatic heterocycles. The van der Waals surface area contributed by atoms with E-state index in [1.54, 1.807) is 0 Å². The maximum absolute atomic E-state index is 13.7. The molecule has 4 atom stereocenters. The summed E-state index contributed by atoms with van der Waals surface area (Å²) in [5.74, 6) is -0.445. The minimum absolute atomic E-state index is 0.133. The van der Waals surface area contributed by atoms with Crippen LogP contribution in [0.4, 0.5) is 14.7 Å². The number of nitrogens with zero attached hydrogens (tertiary/aromatic N) is 4. The highest BCUT2D eigenvalue weighted by Crippen LogP contribution is 2.39. The number of hydrogen-bond acceptors (Lipinski definition) is 10. The van der Waals surface area contributed by atoms with E-state index >= 15 is 0 Å². The Bertz CT molecular complexity index is 2100. The molecule has 298 valence electrons. The highest BCUT2D eigenvalue weighted by atomic mass is 32.1. The molecule has 0 unspecified atom stereocenters. The Hall–Kier alpha value is -5.51. The number of hydrogen-bond donors (Lipinski definition) is 4. The topological polar surface area (TPSA) is 188 Å². The zero-order valence-electron chi connectivity index (χ0n) is 32.8. The first-order valence-electron chi connectivity index (χ1n) is 18.9. The molecule has 0 spiro atoms. The van der Waals surface area contributed by atoms with Gasteiger partial charge >= 0.3 is 12.2 Å². The number of methoxy groups -OCH3 is 2. The number of imidazole rings is 1. The van der Waals surface area contributed by atoms with Crippen LogP contribution in [0, 0.1) is 11.8 Å². The maximum atomic E-state index is 13.7. The monoisotopic (exact) mass is 786 g/mol. The largest absolute Gasteiger partial charge is 0.453 e. The molecule has 6 rings (SSSR count). The van der Waals surface area contributed by atoms with E-state index in [0.717, 1.165) is 45.4 Å². The van der Waals surface area contributed by atoms with Crippen LogP contribution in [0.25, 0.3) is 32.6 Å². The first-order valence-corrected chi connectivity index (χ1v) is 19.7. The average molecular weight is 787 g/mol. The Morgan fingerprint density at radius 3 is 2.11 bits per heavy atom. The van der Waals surface area contributed by atoms with Gasteiger partial charge in [-0.15, -0.1) is 0 Å². The summed E-state index contributed by atoms with van der Waals surface area (Å²) in [5, 5.41) is 8.67. The van der Waals surface area contributed by atoms with Crippen molar-refractivity contribution in [1.82, 2.24) is 35.4 Å². The van der Waals surface area contributed by atoms with E-state index in [1.807, 2.05) is 88.2 Å². The number of aromatic amines is 1. The van der Waals surface area contributed by atoms with Crippen LogP contribution in [-0.4, -0.2) is 100 Å². The first kappa shape index (κ1) is 40.2. The maximum Gasteiger partial charge on any atom is 0.407 e. The number of fused-ring (bicyclic) bond motifs is 1. The van der Waals surface area contributed by atoms with Crippen molar-refractivity contribution in [2.75, 3.05) is 32.6 Å². The van der Waals surface area contributed by atoms with E-state index in [1.165, 1.54) is 30.5 Å². The minimum Gasteiger partial charge on any atom is -0.453 e. The molecule has 16 heteroatoms. The smallest absolute Gasteiger partial charge is 0.407 e. The van der Waals surface area contributed by atoms with Crippen molar-refractivity contribution in [2.45, 2.75) is 84.0 Å². The van der Waals surface area contributed by atoms with Gasteiger partial charge in [0.1, 0.15) is 23.9 Å². The molecule has 4 N–H and O–H groups in total. The normalized spacial score (nSPS) is 19.3. The van der Waals surface area contributed by atoms with Crippen molar-refractivity contribution in [3.63, 3.8) is 0 Å². The van der Waals surface area contributed by atoms with E-state index in [0.29, 0.717) is 36.9 Å². The van der Waals surface area contributed by atoms with Gasteiger partial charge in [0, 0.05) is 24.8 Å². The summed E-state index contributed by atoms with van der Waals surface area (Å²) in [6, 6.07) is 11.8. The van der Waals surface area contributed by atoms with Gasteiger partial charge in [-0.1, -0.05) is 69.4 Å². The summed E-state index contributed by atoms with van der Waals surface area (Å²) in [5.41, 5.74) is 3.70. The van der Waals surface area contributed by atoms with E-state index in [-0.39, 0.29) is 29.6 Å². The molecule has 56 heavy (non-hydrogen) atoms. The van der Waals surface area contributed by atoms with Crippen LogP contribution in [0.2, 0.25) is 0 Å². The molecular weight excluding hydrogens is 737 g/mol. The second-order valence-corrected chi connectivity index (χ2v) is 16.2. The summed E-state index contributed by atoms with van der Waals surface area (Å²) >= 11 is 1.36. The number of ether oxygens (including phenoxy) is 2. The summed E-state index contributed by atoms with van der Waals surface area (Å²) in [4.78, 5) is 80.8. The van der Waals surface area contributed by atoms with Crippen molar-refractivity contribution in [3.05, 3.63) is 54.5 Å². The molecule has 2 aromatic carbocycles. The number of anilines is 1. The fourth-order valence-corrected chi connectivity index (χ4v) is 8.44. The molecular formula is C40H50N8O7S. The Balaban J connectivity index is 1.13. The summed E-state index contributed by atoms with van der Waals surface area (Å²) < 4.78 is 10.4. The number of amides is 5. The zero-order valence-corrected chi connectivity index (χ0v) is 33.6. The fraction of sp³-hybridized carbons (Fsp3) is 0.475. The molecule has 5 amide bonds. The Kier molecular flexibility index (Phi) is 12.0. The van der Waals surface area contributed by atoms with Gasteiger partial charge in [0.05, 0.1) is 35.7 Å². The lowest BCUT2D eigenvalue weighted by Gasteiger charge is -2.37. The molecule has 2 fully saturated rings. The molecule has 2 aliphatic heterocycles. The lowest BCUT2D eigenvalue weighted by Crippen LogP contribution is -2.55. The van der Waals surface area contributed by atoms with E-state index in [4.69, 9.17) is 14.5 Å². The van der Waals surface area contributed by atoms with Crippen molar-refractivity contribution in [1.29, 1.82) is 0 Å². The van der Waals surface area contributed by atoms with Crippen molar-refractivity contribution >= 4 is 56.6 Å². The fourth-order valence-electron chi connectivity index (χ4n) is 7.54. The molecule has 0 radical (unpaired) electrons. The Labute approximate surface area is 329 Å². The quantitative estimate of drug-likeness (QED) is 0.144. The molecule has 2 saturated heterocycles. The lowest BCUT2D eigenvalue weighted by molar-refractivity contribution is -0.139. The zero-order chi connectivity index (χ0) is 40.3. The summed E-state index contributed by atoms with van der Waals surface area (Å²) in [6.07, 6.45) is 3.24. The standard InChI is InChI=1S/C40H50N8O7S/c1-22(2)31(44-38(52)54-6)34(50)47-18-8-10-29(47)33(49)46-37-43-27-16-15-26(20-30(27)56-37)24-11-13-25(14-12-24)28-21-41-36(42-28)40(5)17-9-19-48(40)35(51)32(23(3)4)45-39(53)55-7/h11-16,20-23,29,31-32H,8-10,17-19H2,1-7H3,(H,41,42)(H,44,52)(H,45,53)(H,43,46,49)/t29-,31-,32-,40-/m0/s1. The van der Waals surface area contributed by atoms with Gasteiger partial charge in [-0.25, -0.2) is 19.6 Å². The van der Waals surface area contributed by atoms with Crippen LogP contribution in [0.3, 0.4) is 0 Å². The minimum atomic E-state index is -0.812. The highest BCUT2D eigenvalue weighted by molar-refractivity contribution is 7.22. The molecule has 2 aliphatic rings. The first-order chi connectivity index (χ1) is 26.7. The van der Waals surface area contributed by atoms with Gasteiger partial charge in [0.25, 0.3) is 0 Å². The van der Waals surface area contributed by atoms with Crippen LogP contribution in [0.15, 0.2) is 48.7 Å². The number of alkyl carbamates (subject to hydrolysis) is 2. The van der Waals surface area contributed by atoms with Crippen molar-refractivity contribution in [2.24, 2.45) is 11.8 Å². The third-order valence-corrected chi connectivity index (χ3v) is 11.7. The number of benzene rings is 2. The van der Waals surface area contributed by atoms with E-state index in [2.05, 4.69) is 25.9 Å². The van der Waals surface area contributed by atoms with Crippen LogP contribution in [0.1, 0.15) is 66.1 Å². The predicted octanol–water partition coefficient (Wildman–Crippen LogP) is 5.88. The number of carbonyl (C=O) groups is 5. The van der Waals surface area contributed by atoms with Crippen LogP contribution in [-0.2, 0) is 29.4 Å². The number of rotatable bonds is 11. The van der Waals surface area contributed by atoms with Crippen molar-refractivity contribution < 1.29 is 33.4 Å². The molecule has 15 nitrogen and oxygen atoms in total. The number of carbonyl (C=O) groups excluding carboxylic acids is 5. The second-order valence-electron chi connectivity index (χ2n) is 15.2. The van der Waals surface area contributed by atoms with Gasteiger partial charge in [0.15, 0.2) is 5.13 Å². The summed E-state index contributed by atoms with van der Waals surface area (Å²) in [7, 11) is 2.53. The Morgan fingerprint density at radius 1 is 0.839 bits per heavy atom. The molecule has 4 aromatic rings. The number of nitrogens with one attached hydrogen (secondary N) is 4. The molecule has 4 heterocycles. The number of aromatic nitrogens is 3. The third kappa shape index (κ3) is 8.20. The van der Waals surface area contributed by atoms with Gasteiger partial charge in [-0.2, -0.15) is 0 Å². The van der Waals surface area contributed by atoms with E-state index < -0.39 is 35.9 Å². The van der Waals surface area contributed by atoms with Gasteiger partial charge in [-0.3, -0.25) is 14.4 Å². The number of thiazole rings is 1. The average Bonchev–Trinajstić information content (AvgIpc) is 4.01. The SMILES string of the molecule is COC(=O)N[C@H](C(=O)N1CCC[C@H]1C(=O)Nc1nc2ccc(-c3ccc(-c4c[nH]c([C@]5(C)CCCN5C(=O)[C@@H](NC(=O)OC)C(C)C)n4)cc3)cc2s1)C(C)C. The van der Waals surface area contributed by atoms with E-state index in [9.17, 15) is 24.0 Å². The predicted molar refractivity (Wildman–Crippen MR) is 213 cm³/mol. The van der Waals surface area contributed by atoms with Gasteiger partial charge in [0.2, 0.25) is 17.7 Å². The van der Waals surface area contributed by atoms with Crippen LogP contribution < -0.4 is 16.0 Å². The molecule has 0 aliphatic carbocycles. The highest BCUT2D eigenvalue weighted by Gasteiger charge is 2.46. The third-order valence-electron chi connectivity index (χ3n) is 10.7. The second kappa shape index (κ2) is 16.7. The molecule has 0 saturated carbocycles. The van der Waals surface area contributed by atoms with Crippen molar-refractivity contribution in [3.8, 4) is 22.4 Å². The number of H-pyrrole nitrogens is 1. The number of likely N-dealkylation sites (tertiary alicyclic amines) is 2. The van der Waals surface area contributed by atoms with Gasteiger partial charge in [-0.05, 0) is 67.7 Å². The van der Waals surface area contributed by atoms with Gasteiger partial charge < -0.3 is 40.2 Å². The van der Waals surface area contributed by atoms with Crippen LogP contribution >= 0.6 is 11.3 Å². The molecule has 0 bridgehead atoms. The Morgan fingerprint density at radius 2 is 1.46 bits per heavy atom. The van der Waals surface area contributed by atoms with Crippen LogP contribution in [0.5, 0.6) is 0 Å². The summed E-state index contributed by atoms with van der Waals surface area (Å²) in [6.45, 7) is 10.4.